The molecular formula is C12H14FN3. The van der Waals surface area contributed by atoms with Crippen molar-refractivity contribution in [3.05, 3.63) is 30.2 Å². The quantitative estimate of drug-likeness (QED) is 0.770. The maximum Gasteiger partial charge on any atom is 0.121 e. The lowest BCUT2D eigenvalue weighted by molar-refractivity contribution is 0.229. The van der Waals surface area contributed by atoms with Crippen molar-refractivity contribution >= 4 is 10.9 Å². The molecule has 0 spiro atoms. The van der Waals surface area contributed by atoms with Gasteiger partial charge in [0.2, 0.25) is 0 Å². The van der Waals surface area contributed by atoms with E-state index in [-0.39, 0.29) is 5.92 Å². The van der Waals surface area contributed by atoms with Crippen LogP contribution in [-0.4, -0.2) is 29.2 Å². The van der Waals surface area contributed by atoms with E-state index in [2.05, 4.69) is 15.3 Å². The third kappa shape index (κ3) is 1.50. The summed E-state index contributed by atoms with van der Waals surface area (Å²) in [6, 6.07) is 3.90. The number of fused-ring (bicyclic) bond motifs is 1. The summed E-state index contributed by atoms with van der Waals surface area (Å²) in [6.45, 7) is 1.31. The van der Waals surface area contributed by atoms with Crippen LogP contribution < -0.4 is 5.32 Å². The molecule has 1 fully saturated rings. The SMILES string of the molecule is F[C@H]1CNCC[C@H]1c1nccc2[nH]ccc12. The third-order valence-corrected chi connectivity index (χ3v) is 3.27. The molecule has 3 rings (SSSR count). The lowest BCUT2D eigenvalue weighted by atomic mass is 9.91. The van der Waals surface area contributed by atoms with Gasteiger partial charge in [-0.25, -0.2) is 4.39 Å². The Labute approximate surface area is 93.1 Å². The zero-order valence-electron chi connectivity index (χ0n) is 8.91. The summed E-state index contributed by atoms with van der Waals surface area (Å²) in [6.07, 6.45) is 3.62. The van der Waals surface area contributed by atoms with Crippen molar-refractivity contribution in [2.24, 2.45) is 0 Å². The van der Waals surface area contributed by atoms with Gasteiger partial charge in [-0.1, -0.05) is 0 Å². The van der Waals surface area contributed by atoms with Gasteiger partial charge >= 0.3 is 0 Å². The van der Waals surface area contributed by atoms with Crippen LogP contribution in [0.3, 0.4) is 0 Å². The Balaban J connectivity index is 2.07. The average Bonchev–Trinajstić information content (AvgIpc) is 2.77. The smallest absolute Gasteiger partial charge is 0.121 e. The van der Waals surface area contributed by atoms with E-state index in [0.717, 1.165) is 29.6 Å². The number of halogens is 1. The van der Waals surface area contributed by atoms with Gasteiger partial charge in [-0.3, -0.25) is 4.98 Å². The molecule has 2 N–H and O–H groups in total. The molecule has 3 nitrogen and oxygen atoms in total. The van der Waals surface area contributed by atoms with Gasteiger partial charge in [-0.15, -0.1) is 0 Å². The fraction of sp³-hybridized carbons (Fsp3) is 0.417. The van der Waals surface area contributed by atoms with Crippen LogP contribution in [0.15, 0.2) is 24.5 Å². The highest BCUT2D eigenvalue weighted by atomic mass is 19.1. The van der Waals surface area contributed by atoms with Crippen LogP contribution >= 0.6 is 0 Å². The van der Waals surface area contributed by atoms with Gasteiger partial charge in [-0.2, -0.15) is 0 Å². The highest BCUT2D eigenvalue weighted by molar-refractivity contribution is 5.81. The number of alkyl halides is 1. The number of pyridine rings is 1. The molecule has 0 saturated carbocycles. The molecule has 2 aromatic rings. The first-order valence-corrected chi connectivity index (χ1v) is 5.63. The molecule has 0 amide bonds. The zero-order valence-corrected chi connectivity index (χ0v) is 8.91. The number of nitrogens with zero attached hydrogens (tertiary/aromatic N) is 1. The molecule has 84 valence electrons. The van der Waals surface area contributed by atoms with E-state index in [0.29, 0.717) is 6.54 Å². The normalized spacial score (nSPS) is 26.1. The summed E-state index contributed by atoms with van der Waals surface area (Å²) in [4.78, 5) is 7.50. The monoisotopic (exact) mass is 219 g/mol. The van der Waals surface area contributed by atoms with Crippen LogP contribution in [0.5, 0.6) is 0 Å². The number of rotatable bonds is 1. The number of H-pyrrole nitrogens is 1. The number of nitrogens with one attached hydrogen (secondary N) is 2. The number of aromatic nitrogens is 2. The minimum absolute atomic E-state index is 0.0688. The highest BCUT2D eigenvalue weighted by Gasteiger charge is 2.28. The van der Waals surface area contributed by atoms with E-state index in [1.807, 2.05) is 18.3 Å². The van der Waals surface area contributed by atoms with Crippen molar-refractivity contribution in [1.82, 2.24) is 15.3 Å². The maximum atomic E-state index is 13.9. The van der Waals surface area contributed by atoms with Gasteiger partial charge in [-0.05, 0) is 25.1 Å². The van der Waals surface area contributed by atoms with Crippen molar-refractivity contribution in [2.45, 2.75) is 18.5 Å². The number of hydrogen-bond acceptors (Lipinski definition) is 2. The first-order valence-electron chi connectivity index (χ1n) is 5.63. The number of piperidine rings is 1. The number of aromatic amines is 1. The molecule has 0 radical (unpaired) electrons. The lowest BCUT2D eigenvalue weighted by Crippen LogP contribution is -2.37. The van der Waals surface area contributed by atoms with Crippen LogP contribution in [0.1, 0.15) is 18.0 Å². The second-order valence-electron chi connectivity index (χ2n) is 4.25. The summed E-state index contributed by atoms with van der Waals surface area (Å²) in [7, 11) is 0. The lowest BCUT2D eigenvalue weighted by Gasteiger charge is -2.26. The van der Waals surface area contributed by atoms with Gasteiger partial charge in [0.05, 0.1) is 5.69 Å². The summed E-state index contributed by atoms with van der Waals surface area (Å²) >= 11 is 0. The molecule has 0 aromatic carbocycles. The molecule has 2 aromatic heterocycles. The van der Waals surface area contributed by atoms with E-state index in [1.54, 1.807) is 6.20 Å². The maximum absolute atomic E-state index is 13.9. The molecule has 3 heterocycles. The van der Waals surface area contributed by atoms with Crippen molar-refractivity contribution in [2.75, 3.05) is 13.1 Å². The first kappa shape index (κ1) is 9.78. The Hall–Kier alpha value is -1.42. The van der Waals surface area contributed by atoms with Crippen molar-refractivity contribution < 1.29 is 4.39 Å². The van der Waals surface area contributed by atoms with Crippen LogP contribution in [0.4, 0.5) is 4.39 Å². The summed E-state index contributed by atoms with van der Waals surface area (Å²) in [5, 5.41) is 4.12. The first-order chi connectivity index (χ1) is 7.86. The zero-order chi connectivity index (χ0) is 11.0. The molecule has 1 aliphatic rings. The molecule has 0 aliphatic carbocycles. The van der Waals surface area contributed by atoms with E-state index < -0.39 is 6.17 Å². The standard InChI is InChI=1S/C12H14FN3/c13-10-7-14-4-1-8(10)12-9-2-5-15-11(9)3-6-16-12/h2-3,5-6,8,10,14-15H,1,4,7H2/t8-,10+/m1/s1. The topological polar surface area (TPSA) is 40.7 Å². The Morgan fingerprint density at radius 1 is 1.38 bits per heavy atom. The van der Waals surface area contributed by atoms with Gasteiger partial charge < -0.3 is 10.3 Å². The van der Waals surface area contributed by atoms with Gasteiger partial charge in [0.25, 0.3) is 0 Å². The van der Waals surface area contributed by atoms with E-state index in [9.17, 15) is 4.39 Å². The van der Waals surface area contributed by atoms with Crippen LogP contribution in [0.2, 0.25) is 0 Å². The average molecular weight is 219 g/mol. The Kier molecular flexibility index (Phi) is 2.36. The molecule has 0 unspecified atom stereocenters. The van der Waals surface area contributed by atoms with Crippen molar-refractivity contribution in [1.29, 1.82) is 0 Å². The minimum atomic E-state index is -0.832. The van der Waals surface area contributed by atoms with Gasteiger partial charge in [0.1, 0.15) is 6.17 Å². The molecule has 1 saturated heterocycles. The highest BCUT2D eigenvalue weighted by Crippen LogP contribution is 2.30. The minimum Gasteiger partial charge on any atom is -0.361 e. The second-order valence-corrected chi connectivity index (χ2v) is 4.25. The van der Waals surface area contributed by atoms with Crippen LogP contribution in [0, 0.1) is 0 Å². The predicted molar refractivity (Wildman–Crippen MR) is 61.2 cm³/mol. The molecule has 0 bridgehead atoms. The largest absolute Gasteiger partial charge is 0.361 e. The van der Waals surface area contributed by atoms with Gasteiger partial charge in [0, 0.05) is 35.8 Å². The fourth-order valence-corrected chi connectivity index (χ4v) is 2.43. The molecule has 2 atom stereocenters. The van der Waals surface area contributed by atoms with E-state index in [4.69, 9.17) is 0 Å². The third-order valence-electron chi connectivity index (χ3n) is 3.27. The number of hydrogen-bond donors (Lipinski definition) is 2. The molecule has 4 heteroatoms. The van der Waals surface area contributed by atoms with Crippen LogP contribution in [0.25, 0.3) is 10.9 Å². The van der Waals surface area contributed by atoms with Crippen molar-refractivity contribution in [3.63, 3.8) is 0 Å². The molecular weight excluding hydrogens is 205 g/mol. The van der Waals surface area contributed by atoms with E-state index in [1.165, 1.54) is 0 Å². The molecule has 1 aliphatic heterocycles. The second kappa shape index (κ2) is 3.87. The van der Waals surface area contributed by atoms with Crippen LogP contribution in [-0.2, 0) is 0 Å². The molecule has 16 heavy (non-hydrogen) atoms. The predicted octanol–water partition coefficient (Wildman–Crippen LogP) is 1.98. The summed E-state index contributed by atoms with van der Waals surface area (Å²) in [5.74, 6) is -0.0688. The summed E-state index contributed by atoms with van der Waals surface area (Å²) in [5.41, 5.74) is 1.93. The van der Waals surface area contributed by atoms with Crippen molar-refractivity contribution in [3.8, 4) is 0 Å². The Morgan fingerprint density at radius 3 is 3.19 bits per heavy atom. The Bertz CT molecular complexity index is 494. The fourth-order valence-electron chi connectivity index (χ4n) is 2.43. The van der Waals surface area contributed by atoms with E-state index >= 15 is 0 Å². The Morgan fingerprint density at radius 2 is 2.31 bits per heavy atom. The summed E-state index contributed by atoms with van der Waals surface area (Å²) < 4.78 is 13.9. The van der Waals surface area contributed by atoms with Gasteiger partial charge in [0.15, 0.2) is 0 Å².